The van der Waals surface area contributed by atoms with Crippen molar-refractivity contribution in [2.75, 3.05) is 40.1 Å². The molecule has 0 amide bonds. The lowest BCUT2D eigenvalue weighted by atomic mass is 9.99. The fourth-order valence-electron chi connectivity index (χ4n) is 7.65. The van der Waals surface area contributed by atoms with Crippen molar-refractivity contribution in [3.8, 4) is 34.5 Å². The molecule has 0 aliphatic heterocycles. The number of aliphatic hydroxyl groups is 1. The highest BCUT2D eigenvalue weighted by Gasteiger charge is 2.27. The zero-order valence-electron chi connectivity index (χ0n) is 45.8. The largest absolute Gasteiger partial charge is 0.489 e. The quantitative estimate of drug-likeness (QED) is 0.0189. The normalized spacial score (nSPS) is 12.1. The molecule has 0 spiro atoms. The summed E-state index contributed by atoms with van der Waals surface area (Å²) < 4.78 is 54.1. The van der Waals surface area contributed by atoms with Gasteiger partial charge in [-0.3, -0.25) is 4.79 Å². The van der Waals surface area contributed by atoms with Gasteiger partial charge >= 0.3 is 17.9 Å². The molecule has 3 rings (SSSR count). The third-order valence-corrected chi connectivity index (χ3v) is 12.3. The van der Waals surface area contributed by atoms with Crippen molar-refractivity contribution in [2.24, 2.45) is 5.92 Å². The predicted molar refractivity (Wildman–Crippen MR) is 293 cm³/mol. The number of unbranched alkanes of at least 4 members (excludes halogenated alkanes) is 12. The third-order valence-electron chi connectivity index (χ3n) is 12.3. The zero-order chi connectivity index (χ0) is 53.8. The molecule has 0 aliphatic rings. The molecule has 0 fully saturated rings. The second-order valence-corrected chi connectivity index (χ2v) is 18.5. The van der Waals surface area contributed by atoms with Crippen LogP contribution in [0.4, 0.5) is 0 Å². The van der Waals surface area contributed by atoms with Crippen molar-refractivity contribution < 1.29 is 62.1 Å². The van der Waals surface area contributed by atoms with Crippen molar-refractivity contribution in [3.63, 3.8) is 0 Å². The Labute approximate surface area is 442 Å². The van der Waals surface area contributed by atoms with Crippen molar-refractivity contribution >= 4 is 30.1 Å². The number of benzene rings is 3. The number of hydrogen-bond donors (Lipinski definition) is 1. The minimum absolute atomic E-state index is 0.0621. The first-order valence-corrected chi connectivity index (χ1v) is 27.4. The summed E-state index contributed by atoms with van der Waals surface area (Å²) in [5.74, 6) is 0.752. The van der Waals surface area contributed by atoms with E-state index in [1.165, 1.54) is 19.3 Å². The van der Waals surface area contributed by atoms with E-state index in [4.69, 9.17) is 42.6 Å². The Morgan fingerprint density at radius 2 is 1.01 bits per heavy atom. The van der Waals surface area contributed by atoms with Crippen LogP contribution in [-0.2, 0) is 35.2 Å². The molecule has 2 unspecified atom stereocenters. The summed E-state index contributed by atoms with van der Waals surface area (Å²) in [6, 6.07) is 13.6. The topological polar surface area (TPSA) is 155 Å². The Balaban J connectivity index is 1.87. The van der Waals surface area contributed by atoms with E-state index in [0.29, 0.717) is 85.4 Å². The van der Waals surface area contributed by atoms with Crippen LogP contribution in [0.1, 0.15) is 192 Å². The van der Waals surface area contributed by atoms with Gasteiger partial charge in [0.25, 0.3) is 5.95 Å². The lowest BCUT2D eigenvalue weighted by Crippen LogP contribution is -2.19. The Bertz CT molecular complexity index is 2140. The molecular formula is C61H88O13. The van der Waals surface area contributed by atoms with Crippen LogP contribution >= 0.6 is 0 Å². The van der Waals surface area contributed by atoms with Crippen molar-refractivity contribution in [3.05, 3.63) is 95.5 Å². The number of esters is 3. The molecule has 0 radical (unpaired) electrons. The average molecular weight is 1030 g/mol. The van der Waals surface area contributed by atoms with Crippen LogP contribution in [0.5, 0.6) is 34.5 Å². The maximum atomic E-state index is 13.3. The van der Waals surface area contributed by atoms with E-state index in [2.05, 4.69) is 34.3 Å². The Morgan fingerprint density at radius 1 is 0.568 bits per heavy atom. The van der Waals surface area contributed by atoms with E-state index in [1.54, 1.807) is 36.4 Å². The van der Waals surface area contributed by atoms with E-state index in [9.17, 15) is 19.5 Å². The van der Waals surface area contributed by atoms with Gasteiger partial charge in [0.05, 0.1) is 39.5 Å². The lowest BCUT2D eigenvalue weighted by molar-refractivity contribution is -0.154. The van der Waals surface area contributed by atoms with Gasteiger partial charge in [-0.15, -0.1) is 0 Å². The standard InChI is InChI=1S/C61H88O13/c1-9-14-18-22-41-67-57-48(28-29-50(45-71-47(7)66-8)59(57)69-43-24-20-16-11-3)31-38-55(63)72-51-33-35-52(36-34-51)73-56(64)39-32-49-30-37-53(54(27-26-40-62)74-61(65)46(6)13-5)60(70-44-25-21-17-12-4)58(49)68-42-23-19-15-10-2/h28-39,46,54,62H,7,9-27,40-45H2,1-6,8H3/b38-31+,39-32+. The molecule has 13 heteroatoms. The lowest BCUT2D eigenvalue weighted by Gasteiger charge is -2.25. The number of carbonyl (C=O) groups excluding carboxylic acids is 3. The SMILES string of the molecule is C=C(OC)OCc1ccc(/C=C/C(=O)Oc2ccc(OC(=O)/C=C/c3ccc(C(CCCO)OC(=O)C(C)CC)c(OCCCCCC)c3OCCCCCC)cc2)c(OCCCCCC)c1OCCCCCC. The van der Waals surface area contributed by atoms with Crippen molar-refractivity contribution in [1.82, 2.24) is 0 Å². The Hall–Kier alpha value is -5.95. The smallest absolute Gasteiger partial charge is 0.336 e. The van der Waals surface area contributed by atoms with Crippen molar-refractivity contribution in [1.29, 1.82) is 0 Å². The summed E-state index contributed by atoms with van der Waals surface area (Å²) in [4.78, 5) is 39.7. The highest BCUT2D eigenvalue weighted by Crippen LogP contribution is 2.43. The van der Waals surface area contributed by atoms with E-state index in [1.807, 2.05) is 38.1 Å². The van der Waals surface area contributed by atoms with Gasteiger partial charge < -0.3 is 47.7 Å². The molecule has 2 atom stereocenters. The molecule has 0 heterocycles. The minimum Gasteiger partial charge on any atom is -0.489 e. The van der Waals surface area contributed by atoms with E-state index in [-0.39, 0.29) is 42.5 Å². The summed E-state index contributed by atoms with van der Waals surface area (Å²) in [6.45, 7) is 18.1. The molecule has 0 bridgehead atoms. The van der Waals surface area contributed by atoms with E-state index in [0.717, 1.165) is 108 Å². The number of rotatable bonds is 41. The van der Waals surface area contributed by atoms with Gasteiger partial charge in [0.2, 0.25) is 0 Å². The third kappa shape index (κ3) is 23.5. The Kier molecular flexibility index (Phi) is 31.8. The summed E-state index contributed by atoms with van der Waals surface area (Å²) in [6.07, 6.45) is 22.8. The summed E-state index contributed by atoms with van der Waals surface area (Å²) in [5, 5.41) is 9.80. The van der Waals surface area contributed by atoms with Gasteiger partial charge in [-0.2, -0.15) is 0 Å². The van der Waals surface area contributed by atoms with Crippen LogP contribution in [0.3, 0.4) is 0 Å². The fourth-order valence-corrected chi connectivity index (χ4v) is 7.65. The number of carbonyl (C=O) groups is 3. The molecule has 410 valence electrons. The zero-order valence-corrected chi connectivity index (χ0v) is 45.8. The summed E-state index contributed by atoms with van der Waals surface area (Å²) >= 11 is 0. The fraction of sp³-hybridized carbons (Fsp3) is 0.557. The molecule has 3 aromatic carbocycles. The van der Waals surface area contributed by atoms with E-state index < -0.39 is 18.0 Å². The summed E-state index contributed by atoms with van der Waals surface area (Å²) in [5.41, 5.74) is 2.64. The molecule has 3 aromatic rings. The second-order valence-electron chi connectivity index (χ2n) is 18.5. The number of methoxy groups -OCH3 is 1. The van der Waals surface area contributed by atoms with Crippen molar-refractivity contribution in [2.45, 2.75) is 176 Å². The average Bonchev–Trinajstić information content (AvgIpc) is 3.40. The first kappa shape index (κ1) is 62.3. The maximum Gasteiger partial charge on any atom is 0.336 e. The highest BCUT2D eigenvalue weighted by atomic mass is 16.7. The summed E-state index contributed by atoms with van der Waals surface area (Å²) in [7, 11) is 1.50. The monoisotopic (exact) mass is 1030 g/mol. The number of hydrogen-bond acceptors (Lipinski definition) is 13. The second kappa shape index (κ2) is 37.7. The van der Waals surface area contributed by atoms with E-state index >= 15 is 0 Å². The van der Waals surface area contributed by atoms with Crippen LogP contribution in [0.25, 0.3) is 12.2 Å². The molecule has 0 aromatic heterocycles. The van der Waals surface area contributed by atoms with Crippen LogP contribution in [0, 0.1) is 5.92 Å². The van der Waals surface area contributed by atoms with Crippen LogP contribution in [0.2, 0.25) is 0 Å². The van der Waals surface area contributed by atoms with Gasteiger partial charge in [0, 0.05) is 41.0 Å². The highest BCUT2D eigenvalue weighted by molar-refractivity contribution is 5.90. The first-order valence-electron chi connectivity index (χ1n) is 27.4. The molecule has 0 aliphatic carbocycles. The molecule has 0 saturated carbocycles. The predicted octanol–water partition coefficient (Wildman–Crippen LogP) is 14.8. The first-order chi connectivity index (χ1) is 36.0. The molecule has 1 N–H and O–H groups in total. The number of aliphatic hydroxyl groups excluding tert-OH is 1. The molecule has 0 saturated heterocycles. The molecule has 13 nitrogen and oxygen atoms in total. The van der Waals surface area contributed by atoms with Gasteiger partial charge in [0.1, 0.15) is 24.2 Å². The van der Waals surface area contributed by atoms with Gasteiger partial charge in [-0.05, 0) is 87.9 Å². The minimum atomic E-state index is -0.681. The number of ether oxygens (including phenoxy) is 9. The van der Waals surface area contributed by atoms with Crippen LogP contribution in [-0.4, -0.2) is 63.2 Å². The van der Waals surface area contributed by atoms with Crippen LogP contribution in [0.15, 0.2) is 73.2 Å². The van der Waals surface area contributed by atoms with Gasteiger partial charge in [-0.1, -0.05) is 143 Å². The van der Waals surface area contributed by atoms with Crippen LogP contribution < -0.4 is 28.4 Å². The molecule has 74 heavy (non-hydrogen) atoms. The van der Waals surface area contributed by atoms with Gasteiger partial charge in [0.15, 0.2) is 23.0 Å². The Morgan fingerprint density at radius 3 is 1.46 bits per heavy atom. The molecular weight excluding hydrogens is 941 g/mol. The maximum absolute atomic E-state index is 13.3. The van der Waals surface area contributed by atoms with Gasteiger partial charge in [-0.25, -0.2) is 9.59 Å².